The zero-order valence-corrected chi connectivity index (χ0v) is 60.7. The average molecular weight is 1490 g/mol. The fraction of sp³-hybridized carbons (Fsp3) is 0.897. The van der Waals surface area contributed by atoms with E-state index in [9.17, 15) is 126 Å². The SMILES string of the molecule is CCCCCCCCO[C@@H]1O[C@H](CO[C@H]2O[C@@H](CO)[C@H](O[C@H]3O[C@@H](CO)[C@@H](O)[C@H](O[C@]4(C(=O)O)C[C@H](O)[C@@H](N=C(C)[O-])[C@@H]([C@@H](O)[C@@H](O)CO)O4)[C@H]3O)[C@H](O)[C@H]2NC(C)=O)C(O)[C@H](O[C@H]2O[C@@H](CO)[C@@H](O)[C@H](O[C@]3(C(=O)O)C[C@H](O)[C@@H](N=C(C)[O-])[C@@H]([C@@H](O)[C@@H](O)CO)O3)[C@H]2O)[C@@H]1NC(C)=O.[Na+].[Na+]. The van der Waals surface area contributed by atoms with Crippen molar-refractivity contribution in [2.45, 2.75) is 281 Å². The predicted octanol–water partition coefficient (Wildman–Crippen LogP) is -18.4. The number of unbranched alkanes of at least 4 members (excludes halogenated alkanes) is 5. The molecule has 32 atom stereocenters. The number of carbonyl (C=O) groups excluding carboxylic acids is 2. The Kier molecular flexibility index (Phi) is 37.2. The Hall–Kier alpha value is -2.34. The normalized spacial score (nSPS) is 40.6. The van der Waals surface area contributed by atoms with Crippen LogP contribution in [0.5, 0.6) is 0 Å². The molecule has 21 N–H and O–H groups in total. The number of hydrogen-bond acceptors (Lipinski definition) is 37. The second-order valence-electron chi connectivity index (χ2n) is 25.0. The van der Waals surface area contributed by atoms with Gasteiger partial charge in [0.05, 0.1) is 51.8 Å². The molecule has 0 aromatic rings. The molecule has 572 valence electrons. The van der Waals surface area contributed by atoms with Crippen molar-refractivity contribution in [3.05, 3.63) is 0 Å². The number of carbonyl (C=O) groups is 4. The van der Waals surface area contributed by atoms with Gasteiger partial charge in [-0.3, -0.25) is 19.6 Å². The summed E-state index contributed by atoms with van der Waals surface area (Å²) in [5.41, 5.74) is 0. The summed E-state index contributed by atoms with van der Waals surface area (Å²) in [7, 11) is 0. The minimum absolute atomic E-state index is 0. The maximum absolute atomic E-state index is 13.3. The molecule has 6 aliphatic rings. The number of aliphatic hydroxyl groups excluding tert-OH is 17. The zero-order chi connectivity index (χ0) is 73.7. The van der Waals surface area contributed by atoms with Crippen LogP contribution in [0, 0.1) is 0 Å². The number of aliphatic imine (C=N–C) groups is 2. The van der Waals surface area contributed by atoms with Crippen LogP contribution in [0.1, 0.15) is 86.0 Å². The molecule has 0 radical (unpaired) electrons. The second-order valence-corrected chi connectivity index (χ2v) is 25.0. The Balaban J connectivity index is 0.0000108. The molecule has 0 aromatic carbocycles. The Labute approximate surface area is 622 Å². The van der Waals surface area contributed by atoms with Crippen LogP contribution in [-0.4, -0.2) is 374 Å². The largest absolute Gasteiger partial charge is 1.00 e. The van der Waals surface area contributed by atoms with E-state index >= 15 is 0 Å². The number of nitrogens with zero attached hydrogens (tertiary/aromatic N) is 2. The van der Waals surface area contributed by atoms with Crippen molar-refractivity contribution in [2.75, 3.05) is 46.2 Å². The first-order valence-corrected chi connectivity index (χ1v) is 32.2. The van der Waals surface area contributed by atoms with Gasteiger partial charge in [-0.05, 0) is 32.1 Å². The van der Waals surface area contributed by atoms with Gasteiger partial charge in [-0.25, -0.2) is 9.59 Å². The number of nitrogens with one attached hydrogen (secondary N) is 2. The van der Waals surface area contributed by atoms with Crippen LogP contribution in [0.4, 0.5) is 0 Å². The summed E-state index contributed by atoms with van der Waals surface area (Å²) < 4.78 is 71.0. The third-order valence-corrected chi connectivity index (χ3v) is 17.6. The molecule has 6 saturated heterocycles. The van der Waals surface area contributed by atoms with Crippen molar-refractivity contribution >= 4 is 35.5 Å². The minimum Gasteiger partial charge on any atom is -0.862 e. The molecule has 6 heterocycles. The monoisotopic (exact) mass is 1490 g/mol. The van der Waals surface area contributed by atoms with Gasteiger partial charge in [0.1, 0.15) is 146 Å². The van der Waals surface area contributed by atoms with Gasteiger partial charge in [-0.1, -0.05) is 39.0 Å². The van der Waals surface area contributed by atoms with Crippen LogP contribution in [0.2, 0.25) is 0 Å². The third kappa shape index (κ3) is 22.4. The molecule has 6 fully saturated rings. The van der Waals surface area contributed by atoms with Crippen molar-refractivity contribution in [3.8, 4) is 0 Å². The van der Waals surface area contributed by atoms with Crippen LogP contribution in [-0.2, 0) is 76.0 Å². The van der Waals surface area contributed by atoms with Crippen molar-refractivity contribution in [1.82, 2.24) is 10.6 Å². The number of rotatable bonds is 34. The van der Waals surface area contributed by atoms with Gasteiger partial charge in [-0.2, -0.15) is 0 Å². The Morgan fingerprint density at radius 3 is 1.30 bits per heavy atom. The van der Waals surface area contributed by atoms with Crippen molar-refractivity contribution in [2.24, 2.45) is 9.98 Å². The van der Waals surface area contributed by atoms with Gasteiger partial charge in [0.2, 0.25) is 11.8 Å². The number of aliphatic carboxylic acids is 2. The minimum atomic E-state index is -3.25. The summed E-state index contributed by atoms with van der Waals surface area (Å²) in [5.74, 6) is -14.3. The molecule has 43 heteroatoms. The maximum Gasteiger partial charge on any atom is 1.00 e. The van der Waals surface area contributed by atoms with Crippen LogP contribution < -0.4 is 80.0 Å². The van der Waals surface area contributed by atoms with Gasteiger partial charge < -0.3 is 175 Å². The van der Waals surface area contributed by atoms with Crippen molar-refractivity contribution < 1.29 is 242 Å². The number of ether oxygens (including phenoxy) is 12. The number of hydrogen-bond donors (Lipinski definition) is 21. The fourth-order valence-corrected chi connectivity index (χ4v) is 12.5. The van der Waals surface area contributed by atoms with E-state index < -0.39 is 283 Å². The van der Waals surface area contributed by atoms with Gasteiger partial charge in [-0.15, -0.1) is 0 Å². The molecule has 0 aliphatic carbocycles. The van der Waals surface area contributed by atoms with Crippen LogP contribution in [0.25, 0.3) is 0 Å². The van der Waals surface area contributed by atoms with E-state index in [1.165, 1.54) is 0 Å². The predicted molar refractivity (Wildman–Crippen MR) is 316 cm³/mol. The van der Waals surface area contributed by atoms with Gasteiger partial charge in [0.15, 0.2) is 25.2 Å². The van der Waals surface area contributed by atoms with Crippen LogP contribution in [0.15, 0.2) is 9.98 Å². The van der Waals surface area contributed by atoms with E-state index in [-0.39, 0.29) is 65.7 Å². The third-order valence-electron chi connectivity index (χ3n) is 17.6. The summed E-state index contributed by atoms with van der Waals surface area (Å²) in [6.45, 7) is -0.800. The first kappa shape index (κ1) is 91.0. The molecule has 1 unspecified atom stereocenters. The fourth-order valence-electron chi connectivity index (χ4n) is 12.5. The van der Waals surface area contributed by atoms with Crippen molar-refractivity contribution in [1.29, 1.82) is 0 Å². The molecule has 6 rings (SSSR count). The van der Waals surface area contributed by atoms with E-state index in [1.54, 1.807) is 0 Å². The molecule has 41 nitrogen and oxygen atoms in total. The number of carboxylic acid groups (broad SMARTS) is 2. The standard InChI is InChI=1S/C58H98N4O37.2Na/c1-6-7-8-9-10-11-12-88-52-36(62-24(5)71)46(95-54-44(83)50(40(79)30(18-66)91-54)99-58(56(86)87)14-26(73)34(60-22(3)69)48(97-58)38(77)28(75)16-64)41(80)32(93-52)20-89-51-35(61-23(4)70)42(81)45(31(19-67)92-51)94-53-43(82)49(39(78)29(17-65)90-53)98-57(55(84)85)13-25(72)33(59-21(2)68)47(96-57)37(76)27(74)15-63;;/h25-54,63-67,72-83H,6-20H2,1-5H3,(H,59,68)(H,60,69)(H,61,70)(H,62,71)(H,84,85)(H,86,87);;/q;2*+1/p-2/t25-,26-,27-,28-,29-,30-,31-,32+,33+,34+,35+,36-,37-,38-,39+,40+,41?,42+,43+,44+,45-,46+,47-,48-,49-,50-,51-,52+,53+,54+,57-,58-;;/m0../s1. The summed E-state index contributed by atoms with van der Waals surface area (Å²) >= 11 is 0. The van der Waals surface area contributed by atoms with E-state index in [0.29, 0.717) is 12.8 Å². The number of aliphatic hydroxyl groups is 17. The van der Waals surface area contributed by atoms with E-state index in [2.05, 4.69) is 20.6 Å². The Bertz CT molecular complexity index is 2630. The van der Waals surface area contributed by atoms with Crippen LogP contribution in [0.3, 0.4) is 0 Å². The topological polar surface area (TPSA) is 658 Å². The second kappa shape index (κ2) is 41.3. The molecule has 2 amide bonds. The smallest absolute Gasteiger partial charge is 0.862 e. The molecule has 0 aromatic heterocycles. The summed E-state index contributed by atoms with van der Waals surface area (Å²) in [6, 6.07) is -7.05. The number of carboxylic acids is 2. The van der Waals surface area contributed by atoms with E-state index in [0.717, 1.165) is 53.4 Å². The van der Waals surface area contributed by atoms with Gasteiger partial charge in [0.25, 0.3) is 11.6 Å². The molecular formula is C58H96N4Na2O37. The first-order valence-electron chi connectivity index (χ1n) is 32.2. The first-order chi connectivity index (χ1) is 46.7. The van der Waals surface area contributed by atoms with Crippen molar-refractivity contribution in [3.63, 3.8) is 0 Å². The van der Waals surface area contributed by atoms with Gasteiger partial charge >= 0.3 is 71.1 Å². The van der Waals surface area contributed by atoms with Crippen LogP contribution >= 0.6 is 0 Å². The number of amides is 2. The maximum atomic E-state index is 13.3. The summed E-state index contributed by atoms with van der Waals surface area (Å²) in [6.07, 6.45) is -52.7. The molecular weight excluding hydrogens is 1390 g/mol. The molecule has 101 heavy (non-hydrogen) atoms. The average Bonchev–Trinajstić information content (AvgIpc) is 0.765. The molecule has 6 aliphatic heterocycles. The van der Waals surface area contributed by atoms with E-state index in [4.69, 9.17) is 56.8 Å². The Morgan fingerprint density at radius 2 is 0.891 bits per heavy atom. The molecule has 0 saturated carbocycles. The quantitative estimate of drug-likeness (QED) is 0.0123. The Morgan fingerprint density at radius 1 is 0.505 bits per heavy atom. The summed E-state index contributed by atoms with van der Waals surface area (Å²) in [5, 5.41) is 238. The van der Waals surface area contributed by atoms with Gasteiger partial charge in [0, 0.05) is 33.3 Å². The molecule has 0 bridgehead atoms. The zero-order valence-electron chi connectivity index (χ0n) is 56.7. The van der Waals surface area contributed by atoms with E-state index in [1.807, 2.05) is 6.92 Å². The molecule has 0 spiro atoms. The summed E-state index contributed by atoms with van der Waals surface area (Å²) in [4.78, 5) is 59.7.